The molecule has 4 rings (SSSR count). The van der Waals surface area contributed by atoms with Gasteiger partial charge in [-0.15, -0.1) is 0 Å². The highest BCUT2D eigenvalue weighted by molar-refractivity contribution is 7.99. The monoisotopic (exact) mass is 397 g/mol. The van der Waals surface area contributed by atoms with Crippen LogP contribution < -0.4 is 5.32 Å². The molecular formula is C20H23N5O2S. The Balaban J connectivity index is 1.46. The van der Waals surface area contributed by atoms with Gasteiger partial charge in [0.05, 0.1) is 0 Å². The lowest BCUT2D eigenvalue weighted by atomic mass is 10.1. The van der Waals surface area contributed by atoms with Crippen molar-refractivity contribution in [2.45, 2.75) is 13.5 Å². The van der Waals surface area contributed by atoms with Crippen LogP contribution in [-0.2, 0) is 13.6 Å². The standard InChI is InChI=1S/C20H23N5O2S/c1-14-3-4-15(13-25-7-9-28-10-8-25)11-17(14)21-20(26)18-12-19(27-23-18)16-5-6-24(2)22-16/h3-6,11-12H,7-10,13H2,1-2H3,(H,21,26). The summed E-state index contributed by atoms with van der Waals surface area (Å²) in [5.41, 5.74) is 3.89. The first-order chi connectivity index (χ1) is 13.6. The smallest absolute Gasteiger partial charge is 0.277 e. The van der Waals surface area contributed by atoms with Crippen LogP contribution >= 0.6 is 11.8 Å². The van der Waals surface area contributed by atoms with Gasteiger partial charge in [-0.05, 0) is 30.2 Å². The zero-order valence-electron chi connectivity index (χ0n) is 16.0. The Hall–Kier alpha value is -2.58. The van der Waals surface area contributed by atoms with Crippen molar-refractivity contribution in [1.82, 2.24) is 19.8 Å². The van der Waals surface area contributed by atoms with Crippen LogP contribution in [0.4, 0.5) is 5.69 Å². The second kappa shape index (κ2) is 8.20. The van der Waals surface area contributed by atoms with E-state index in [1.807, 2.05) is 44.1 Å². The highest BCUT2D eigenvalue weighted by Crippen LogP contribution is 2.22. The van der Waals surface area contributed by atoms with Gasteiger partial charge < -0.3 is 9.84 Å². The third-order valence-corrected chi connectivity index (χ3v) is 5.71. The molecule has 0 bridgehead atoms. The Morgan fingerprint density at radius 1 is 1.25 bits per heavy atom. The zero-order valence-corrected chi connectivity index (χ0v) is 16.8. The average Bonchev–Trinajstić information content (AvgIpc) is 3.34. The number of nitrogens with zero attached hydrogens (tertiary/aromatic N) is 4. The fraction of sp³-hybridized carbons (Fsp3) is 0.350. The van der Waals surface area contributed by atoms with Gasteiger partial charge in [0.25, 0.3) is 5.91 Å². The molecule has 1 aromatic carbocycles. The maximum Gasteiger partial charge on any atom is 0.277 e. The number of benzene rings is 1. The molecule has 0 unspecified atom stereocenters. The van der Waals surface area contributed by atoms with Crippen LogP contribution in [0.15, 0.2) is 41.1 Å². The average molecular weight is 398 g/mol. The maximum absolute atomic E-state index is 12.6. The summed E-state index contributed by atoms with van der Waals surface area (Å²) in [6.07, 6.45) is 1.81. The van der Waals surface area contributed by atoms with Crippen molar-refractivity contribution in [3.05, 3.63) is 53.3 Å². The van der Waals surface area contributed by atoms with Gasteiger partial charge in [0.15, 0.2) is 11.5 Å². The molecule has 0 spiro atoms. The zero-order chi connectivity index (χ0) is 19.5. The summed E-state index contributed by atoms with van der Waals surface area (Å²) >= 11 is 2.00. The molecule has 1 fully saturated rings. The van der Waals surface area contributed by atoms with Crippen LogP contribution in [0.3, 0.4) is 0 Å². The van der Waals surface area contributed by atoms with Crippen molar-refractivity contribution in [2.75, 3.05) is 29.9 Å². The van der Waals surface area contributed by atoms with E-state index in [0.717, 1.165) is 30.9 Å². The van der Waals surface area contributed by atoms with Crippen molar-refractivity contribution < 1.29 is 9.32 Å². The first-order valence-corrected chi connectivity index (χ1v) is 10.4. The molecule has 0 aliphatic carbocycles. The van der Waals surface area contributed by atoms with E-state index < -0.39 is 0 Å². The molecule has 1 aliphatic heterocycles. The number of hydrogen-bond acceptors (Lipinski definition) is 6. The van der Waals surface area contributed by atoms with Gasteiger partial charge >= 0.3 is 0 Å². The van der Waals surface area contributed by atoms with Crippen molar-refractivity contribution >= 4 is 23.4 Å². The van der Waals surface area contributed by atoms with E-state index in [1.54, 1.807) is 10.7 Å². The van der Waals surface area contributed by atoms with Crippen LogP contribution in [0.2, 0.25) is 0 Å². The van der Waals surface area contributed by atoms with Crippen LogP contribution in [-0.4, -0.2) is 50.3 Å². The number of rotatable bonds is 5. The molecule has 1 saturated heterocycles. The largest absolute Gasteiger partial charge is 0.354 e. The Morgan fingerprint density at radius 3 is 2.82 bits per heavy atom. The summed E-state index contributed by atoms with van der Waals surface area (Å²) < 4.78 is 6.96. The number of carbonyl (C=O) groups is 1. The second-order valence-corrected chi connectivity index (χ2v) is 8.17. The van der Waals surface area contributed by atoms with E-state index in [9.17, 15) is 4.79 Å². The lowest BCUT2D eigenvalue weighted by molar-refractivity contribution is 0.101. The lowest BCUT2D eigenvalue weighted by Gasteiger charge is -2.26. The van der Waals surface area contributed by atoms with Crippen molar-refractivity contribution in [2.24, 2.45) is 7.05 Å². The number of hydrogen-bond donors (Lipinski definition) is 1. The molecule has 1 N–H and O–H groups in total. The first-order valence-electron chi connectivity index (χ1n) is 9.26. The summed E-state index contributed by atoms with van der Waals surface area (Å²) in [6, 6.07) is 9.65. The highest BCUT2D eigenvalue weighted by atomic mass is 32.2. The van der Waals surface area contributed by atoms with Gasteiger partial charge in [-0.1, -0.05) is 17.3 Å². The van der Waals surface area contributed by atoms with Gasteiger partial charge in [0.1, 0.15) is 5.69 Å². The molecule has 1 aliphatic rings. The Kier molecular flexibility index (Phi) is 5.50. The number of aromatic nitrogens is 3. The molecule has 3 aromatic rings. The van der Waals surface area contributed by atoms with Crippen LogP contribution in [0.25, 0.3) is 11.5 Å². The Bertz CT molecular complexity index is 975. The molecule has 3 heterocycles. The molecule has 0 radical (unpaired) electrons. The van der Waals surface area contributed by atoms with E-state index in [0.29, 0.717) is 11.5 Å². The Morgan fingerprint density at radius 2 is 2.07 bits per heavy atom. The molecule has 28 heavy (non-hydrogen) atoms. The van der Waals surface area contributed by atoms with Crippen molar-refractivity contribution in [3.63, 3.8) is 0 Å². The van der Waals surface area contributed by atoms with Crippen LogP contribution in [0.1, 0.15) is 21.6 Å². The van der Waals surface area contributed by atoms with Crippen molar-refractivity contribution in [3.8, 4) is 11.5 Å². The van der Waals surface area contributed by atoms with E-state index >= 15 is 0 Å². The maximum atomic E-state index is 12.6. The number of amides is 1. The highest BCUT2D eigenvalue weighted by Gasteiger charge is 2.17. The fourth-order valence-electron chi connectivity index (χ4n) is 3.16. The molecule has 2 aromatic heterocycles. The van der Waals surface area contributed by atoms with E-state index in [4.69, 9.17) is 4.52 Å². The van der Waals surface area contributed by atoms with E-state index in [1.165, 1.54) is 17.1 Å². The van der Waals surface area contributed by atoms with Crippen molar-refractivity contribution in [1.29, 1.82) is 0 Å². The minimum atomic E-state index is -0.291. The second-order valence-electron chi connectivity index (χ2n) is 6.94. The Labute approximate surface area is 168 Å². The molecular weight excluding hydrogens is 374 g/mol. The summed E-state index contributed by atoms with van der Waals surface area (Å²) in [5, 5.41) is 11.1. The summed E-state index contributed by atoms with van der Waals surface area (Å²) in [5.74, 6) is 2.54. The van der Waals surface area contributed by atoms with Crippen LogP contribution in [0.5, 0.6) is 0 Å². The van der Waals surface area contributed by atoms with Gasteiger partial charge in [0, 0.05) is 56.1 Å². The predicted molar refractivity (Wildman–Crippen MR) is 110 cm³/mol. The molecule has 0 saturated carbocycles. The predicted octanol–water partition coefficient (Wildman–Crippen LogP) is 3.18. The minimum absolute atomic E-state index is 0.235. The third kappa shape index (κ3) is 4.28. The summed E-state index contributed by atoms with van der Waals surface area (Å²) in [6.45, 7) is 5.10. The van der Waals surface area contributed by atoms with Gasteiger partial charge in [-0.2, -0.15) is 16.9 Å². The van der Waals surface area contributed by atoms with Gasteiger partial charge in [-0.25, -0.2) is 0 Å². The fourth-order valence-corrected chi connectivity index (χ4v) is 4.13. The normalized spacial score (nSPS) is 14.9. The number of carbonyl (C=O) groups excluding carboxylic acids is 1. The topological polar surface area (TPSA) is 76.2 Å². The number of anilines is 1. The first kappa shape index (κ1) is 18.8. The van der Waals surface area contributed by atoms with E-state index in [-0.39, 0.29) is 11.6 Å². The summed E-state index contributed by atoms with van der Waals surface area (Å²) in [7, 11) is 1.83. The third-order valence-electron chi connectivity index (χ3n) is 4.77. The summed E-state index contributed by atoms with van der Waals surface area (Å²) in [4.78, 5) is 15.1. The van der Waals surface area contributed by atoms with Crippen LogP contribution in [0, 0.1) is 6.92 Å². The molecule has 7 nitrogen and oxygen atoms in total. The quantitative estimate of drug-likeness (QED) is 0.713. The SMILES string of the molecule is Cc1ccc(CN2CCSCC2)cc1NC(=O)c1cc(-c2ccn(C)n2)on1. The lowest BCUT2D eigenvalue weighted by Crippen LogP contribution is -2.32. The molecule has 8 heteroatoms. The number of nitrogens with one attached hydrogen (secondary N) is 1. The molecule has 1 amide bonds. The van der Waals surface area contributed by atoms with Gasteiger partial charge in [-0.3, -0.25) is 14.4 Å². The molecule has 146 valence electrons. The number of aryl methyl sites for hydroxylation is 2. The van der Waals surface area contributed by atoms with E-state index in [2.05, 4.69) is 32.6 Å². The minimum Gasteiger partial charge on any atom is -0.354 e. The molecule has 0 atom stereocenters. The number of thioether (sulfide) groups is 1. The van der Waals surface area contributed by atoms with Gasteiger partial charge in [0.2, 0.25) is 0 Å².